The van der Waals surface area contributed by atoms with E-state index in [1.54, 1.807) is 12.1 Å². The van der Waals surface area contributed by atoms with Crippen molar-refractivity contribution in [2.24, 2.45) is 0 Å². The van der Waals surface area contributed by atoms with Crippen molar-refractivity contribution in [2.45, 2.75) is 18.3 Å². The van der Waals surface area contributed by atoms with E-state index < -0.39 is 5.41 Å². The molecule has 0 amide bonds. The first kappa shape index (κ1) is 12.7. The van der Waals surface area contributed by atoms with Crippen LogP contribution in [0.25, 0.3) is 11.0 Å². The molecule has 4 rings (SSSR count). The number of hydrogen-bond donors (Lipinski definition) is 0. The van der Waals surface area contributed by atoms with E-state index in [4.69, 9.17) is 16.0 Å². The van der Waals surface area contributed by atoms with Crippen LogP contribution in [0.15, 0.2) is 59.0 Å². The molecule has 0 unspecified atom stereocenters. The fourth-order valence-corrected chi connectivity index (χ4v) is 3.12. The highest BCUT2D eigenvalue weighted by Gasteiger charge is 2.52. The minimum Gasteiger partial charge on any atom is -0.451 e. The Kier molecular flexibility index (Phi) is 2.69. The zero-order valence-electron chi connectivity index (χ0n) is 11.3. The van der Waals surface area contributed by atoms with Gasteiger partial charge in [-0.25, -0.2) is 0 Å². The number of fused-ring (bicyclic) bond motifs is 1. The molecule has 3 aromatic rings. The molecule has 2 aromatic carbocycles. The zero-order valence-corrected chi connectivity index (χ0v) is 12.1. The third-order valence-electron chi connectivity index (χ3n) is 4.23. The Labute approximate surface area is 127 Å². The van der Waals surface area contributed by atoms with Crippen LogP contribution in [0.4, 0.5) is 0 Å². The fourth-order valence-electron chi connectivity index (χ4n) is 2.90. The fraction of sp³-hybridized carbons (Fsp3) is 0.167. The van der Waals surface area contributed by atoms with Crippen LogP contribution >= 0.6 is 11.6 Å². The van der Waals surface area contributed by atoms with Gasteiger partial charge in [-0.15, -0.1) is 0 Å². The molecule has 3 heteroatoms. The summed E-state index contributed by atoms with van der Waals surface area (Å²) in [5.74, 6) is 0.459. The molecule has 1 heterocycles. The molecule has 0 saturated heterocycles. The molecule has 1 fully saturated rings. The molecule has 0 N–H and O–H groups in total. The van der Waals surface area contributed by atoms with Crippen LogP contribution in [0.5, 0.6) is 0 Å². The maximum atomic E-state index is 12.9. The van der Waals surface area contributed by atoms with Crippen molar-refractivity contribution in [3.63, 3.8) is 0 Å². The van der Waals surface area contributed by atoms with Gasteiger partial charge in [0.05, 0.1) is 10.4 Å². The summed E-state index contributed by atoms with van der Waals surface area (Å²) in [6.07, 6.45) is 1.75. The first-order chi connectivity index (χ1) is 10.2. The van der Waals surface area contributed by atoms with Gasteiger partial charge < -0.3 is 4.42 Å². The van der Waals surface area contributed by atoms with Crippen molar-refractivity contribution in [1.82, 2.24) is 0 Å². The summed E-state index contributed by atoms with van der Waals surface area (Å²) < 4.78 is 5.73. The van der Waals surface area contributed by atoms with Gasteiger partial charge >= 0.3 is 0 Å². The predicted octanol–water partition coefficient (Wildman–Crippen LogP) is 5.00. The maximum absolute atomic E-state index is 12.9. The molecule has 1 aliphatic carbocycles. The third kappa shape index (κ3) is 1.90. The summed E-state index contributed by atoms with van der Waals surface area (Å²) >= 11 is 6.12. The Balaban J connectivity index is 1.79. The van der Waals surface area contributed by atoms with Gasteiger partial charge in [0.1, 0.15) is 0 Å². The Morgan fingerprint density at radius 2 is 1.81 bits per heavy atom. The molecule has 1 aliphatic rings. The topological polar surface area (TPSA) is 30.2 Å². The Hall–Kier alpha value is -2.06. The Morgan fingerprint density at radius 1 is 1.05 bits per heavy atom. The summed E-state index contributed by atoms with van der Waals surface area (Å²) in [7, 11) is 0. The van der Waals surface area contributed by atoms with Crippen LogP contribution in [-0.4, -0.2) is 5.78 Å². The van der Waals surface area contributed by atoms with Crippen molar-refractivity contribution < 1.29 is 9.21 Å². The van der Waals surface area contributed by atoms with E-state index in [-0.39, 0.29) is 5.78 Å². The third-order valence-corrected chi connectivity index (χ3v) is 4.53. The van der Waals surface area contributed by atoms with Gasteiger partial charge in [0.15, 0.2) is 11.3 Å². The number of carbonyl (C=O) groups excluding carboxylic acids is 1. The molecule has 104 valence electrons. The molecule has 0 spiro atoms. The smallest absolute Gasteiger partial charge is 0.208 e. The van der Waals surface area contributed by atoms with E-state index >= 15 is 0 Å². The predicted molar refractivity (Wildman–Crippen MR) is 82.9 cm³/mol. The van der Waals surface area contributed by atoms with Crippen molar-refractivity contribution in [1.29, 1.82) is 0 Å². The molecular weight excluding hydrogens is 284 g/mol. The lowest BCUT2D eigenvalue weighted by molar-refractivity contribution is 0.0920. The number of rotatable bonds is 3. The second-order valence-corrected chi connectivity index (χ2v) is 5.95. The summed E-state index contributed by atoms with van der Waals surface area (Å²) in [4.78, 5) is 12.9. The monoisotopic (exact) mass is 296 g/mol. The second-order valence-electron chi connectivity index (χ2n) is 5.55. The standard InChI is InChI=1S/C18H13ClO2/c19-14-8-4-5-12-11-15(21-16(12)14)17(20)18(9-10-18)13-6-2-1-3-7-13/h1-8,11H,9-10H2. The highest BCUT2D eigenvalue weighted by molar-refractivity contribution is 6.35. The van der Waals surface area contributed by atoms with Crippen LogP contribution in [0.2, 0.25) is 5.02 Å². The molecule has 21 heavy (non-hydrogen) atoms. The molecule has 0 radical (unpaired) electrons. The van der Waals surface area contributed by atoms with Gasteiger partial charge in [0.25, 0.3) is 0 Å². The first-order valence-electron chi connectivity index (χ1n) is 6.99. The molecule has 0 aliphatic heterocycles. The lowest BCUT2D eigenvalue weighted by atomic mass is 9.90. The second kappa shape index (κ2) is 4.47. The number of benzene rings is 2. The van der Waals surface area contributed by atoms with Crippen molar-refractivity contribution in [3.05, 3.63) is 70.9 Å². The first-order valence-corrected chi connectivity index (χ1v) is 7.37. The molecule has 1 saturated carbocycles. The number of carbonyl (C=O) groups is 1. The molecular formula is C18H13ClO2. The van der Waals surface area contributed by atoms with Gasteiger partial charge in [-0.3, -0.25) is 4.79 Å². The lowest BCUT2D eigenvalue weighted by Crippen LogP contribution is -2.19. The number of ketones is 1. The normalized spacial score (nSPS) is 16.0. The van der Waals surface area contributed by atoms with Gasteiger partial charge in [-0.05, 0) is 30.5 Å². The van der Waals surface area contributed by atoms with Gasteiger partial charge in [0.2, 0.25) is 5.78 Å². The van der Waals surface area contributed by atoms with Crippen LogP contribution < -0.4 is 0 Å². The molecule has 1 aromatic heterocycles. The highest BCUT2D eigenvalue weighted by atomic mass is 35.5. The van der Waals surface area contributed by atoms with Gasteiger partial charge in [-0.1, -0.05) is 54.1 Å². The minimum atomic E-state index is -0.401. The van der Waals surface area contributed by atoms with Crippen LogP contribution in [-0.2, 0) is 5.41 Å². The Bertz CT molecular complexity index is 829. The Morgan fingerprint density at radius 3 is 2.48 bits per heavy atom. The zero-order chi connectivity index (χ0) is 14.4. The number of para-hydroxylation sites is 1. The minimum absolute atomic E-state index is 0.0565. The van der Waals surface area contributed by atoms with E-state index in [1.807, 2.05) is 42.5 Å². The highest BCUT2D eigenvalue weighted by Crippen LogP contribution is 2.50. The van der Waals surface area contributed by atoms with E-state index in [2.05, 4.69) is 0 Å². The van der Waals surface area contributed by atoms with E-state index in [9.17, 15) is 4.79 Å². The molecule has 0 bridgehead atoms. The van der Waals surface area contributed by atoms with Gasteiger partial charge in [-0.2, -0.15) is 0 Å². The number of Topliss-reactive ketones (excluding diaryl/α,β-unsaturated/α-hetero) is 1. The maximum Gasteiger partial charge on any atom is 0.208 e. The van der Waals surface area contributed by atoms with E-state index in [0.29, 0.717) is 16.4 Å². The molecule has 0 atom stereocenters. The average molecular weight is 297 g/mol. The van der Waals surface area contributed by atoms with Crippen LogP contribution in [0.1, 0.15) is 29.0 Å². The lowest BCUT2D eigenvalue weighted by Gasteiger charge is -2.12. The largest absolute Gasteiger partial charge is 0.451 e. The van der Waals surface area contributed by atoms with Crippen LogP contribution in [0, 0.1) is 0 Å². The van der Waals surface area contributed by atoms with Crippen LogP contribution in [0.3, 0.4) is 0 Å². The number of hydrogen-bond acceptors (Lipinski definition) is 2. The summed E-state index contributed by atoms with van der Waals surface area (Å²) in [5, 5.41) is 1.41. The number of halogens is 1. The van der Waals surface area contributed by atoms with Crippen molar-refractivity contribution in [3.8, 4) is 0 Å². The van der Waals surface area contributed by atoms with Gasteiger partial charge in [0, 0.05) is 5.39 Å². The average Bonchev–Trinajstić information content (AvgIpc) is 3.21. The number of furan rings is 1. The van der Waals surface area contributed by atoms with E-state index in [1.165, 1.54) is 0 Å². The van der Waals surface area contributed by atoms with Crippen molar-refractivity contribution in [2.75, 3.05) is 0 Å². The SMILES string of the molecule is O=C(c1cc2cccc(Cl)c2o1)C1(c2ccccc2)CC1. The summed E-state index contributed by atoms with van der Waals surface area (Å²) in [5.41, 5.74) is 1.26. The summed E-state index contributed by atoms with van der Waals surface area (Å²) in [6.45, 7) is 0. The van der Waals surface area contributed by atoms with Crippen molar-refractivity contribution >= 4 is 28.4 Å². The quantitative estimate of drug-likeness (QED) is 0.637. The molecule has 2 nitrogen and oxygen atoms in total. The van der Waals surface area contributed by atoms with E-state index in [0.717, 1.165) is 23.8 Å². The summed E-state index contributed by atoms with van der Waals surface area (Å²) in [6, 6.07) is 17.3.